The zero-order chi connectivity index (χ0) is 18.6. The number of carbonyl (C=O) groups excluding carboxylic acids is 1. The topological polar surface area (TPSA) is 63.9 Å². The summed E-state index contributed by atoms with van der Waals surface area (Å²) in [5.41, 5.74) is 4.25. The number of rotatable bonds is 5. The van der Waals surface area contributed by atoms with Gasteiger partial charge in [0, 0.05) is 30.5 Å². The molecule has 6 nitrogen and oxygen atoms in total. The molecule has 136 valence electrons. The minimum absolute atomic E-state index is 0.297. The Bertz CT molecular complexity index is 960. The normalized spacial score (nSPS) is 14.1. The Morgan fingerprint density at radius 1 is 0.963 bits per heavy atom. The number of carbonyl (C=O) groups is 1. The molecule has 0 unspecified atom stereocenters. The summed E-state index contributed by atoms with van der Waals surface area (Å²) in [5.74, 6) is 0. The number of morpholine rings is 1. The highest BCUT2D eigenvalue weighted by Crippen LogP contribution is 2.32. The highest BCUT2D eigenvalue weighted by molar-refractivity contribution is 5.81. The maximum absolute atomic E-state index is 11.7. The zero-order valence-corrected chi connectivity index (χ0v) is 14.7. The van der Waals surface area contributed by atoms with Crippen LogP contribution in [0.15, 0.2) is 66.0 Å². The van der Waals surface area contributed by atoms with Gasteiger partial charge in [0.15, 0.2) is 6.29 Å². The molecule has 0 N–H and O–H groups in total. The van der Waals surface area contributed by atoms with Crippen molar-refractivity contribution in [2.75, 3.05) is 31.2 Å². The van der Waals surface area contributed by atoms with Gasteiger partial charge in [-0.2, -0.15) is 0 Å². The van der Waals surface area contributed by atoms with Gasteiger partial charge in [-0.1, -0.05) is 30.3 Å². The molecular weight excluding hydrogens is 342 g/mol. The second-order valence-corrected chi connectivity index (χ2v) is 6.37. The minimum Gasteiger partial charge on any atom is -0.378 e. The van der Waals surface area contributed by atoms with Crippen molar-refractivity contribution < 1.29 is 9.53 Å². The summed E-state index contributed by atoms with van der Waals surface area (Å²) in [5, 5.41) is 3.16. The molecule has 0 amide bonds. The van der Waals surface area contributed by atoms with E-state index < -0.39 is 0 Å². The molecule has 27 heavy (non-hydrogen) atoms. The molecule has 1 aromatic heterocycles. The third kappa shape index (κ3) is 3.39. The summed E-state index contributed by atoms with van der Waals surface area (Å²) in [7, 11) is 0. The van der Waals surface area contributed by atoms with Crippen LogP contribution in [0.2, 0.25) is 0 Å². The predicted octanol–water partition coefficient (Wildman–Crippen LogP) is 4.19. The number of benzene rings is 2. The van der Waals surface area contributed by atoms with Gasteiger partial charge in [0.1, 0.15) is 5.69 Å². The molecule has 1 saturated heterocycles. The molecule has 0 bridgehead atoms. The molecule has 1 aliphatic heterocycles. The van der Waals surface area contributed by atoms with E-state index in [1.165, 1.54) is 0 Å². The van der Waals surface area contributed by atoms with E-state index in [1.54, 1.807) is 10.6 Å². The van der Waals surface area contributed by atoms with Crippen molar-refractivity contribution >= 4 is 17.7 Å². The van der Waals surface area contributed by atoms with E-state index in [4.69, 9.17) is 4.74 Å². The SMILES string of the molecule is O=Cc1cc(-c2ccccc2)cn1-c1cc(N2CCOCC2)ccc1N=O. The summed E-state index contributed by atoms with van der Waals surface area (Å²) >= 11 is 0. The second-order valence-electron chi connectivity index (χ2n) is 6.37. The van der Waals surface area contributed by atoms with Gasteiger partial charge in [0.25, 0.3) is 0 Å². The Kier molecular flexibility index (Phi) is 4.80. The number of anilines is 1. The fourth-order valence-electron chi connectivity index (χ4n) is 3.37. The van der Waals surface area contributed by atoms with Crippen LogP contribution < -0.4 is 4.90 Å². The molecule has 2 heterocycles. The largest absolute Gasteiger partial charge is 0.378 e. The van der Waals surface area contributed by atoms with Gasteiger partial charge in [-0.3, -0.25) is 4.79 Å². The fourth-order valence-corrected chi connectivity index (χ4v) is 3.37. The van der Waals surface area contributed by atoms with Crippen molar-refractivity contribution in [3.8, 4) is 16.8 Å². The highest BCUT2D eigenvalue weighted by atomic mass is 16.5. The fraction of sp³-hybridized carbons (Fsp3) is 0.190. The first-order valence-electron chi connectivity index (χ1n) is 8.83. The molecule has 3 aromatic rings. The maximum Gasteiger partial charge on any atom is 0.166 e. The molecule has 1 fully saturated rings. The number of hydrogen-bond donors (Lipinski definition) is 0. The third-order valence-electron chi connectivity index (χ3n) is 4.77. The lowest BCUT2D eigenvalue weighted by molar-refractivity contribution is 0.111. The van der Waals surface area contributed by atoms with E-state index in [9.17, 15) is 9.70 Å². The van der Waals surface area contributed by atoms with E-state index >= 15 is 0 Å². The van der Waals surface area contributed by atoms with Crippen LogP contribution in [0, 0.1) is 4.91 Å². The summed E-state index contributed by atoms with van der Waals surface area (Å²) in [6, 6.07) is 17.1. The molecule has 0 aliphatic carbocycles. The van der Waals surface area contributed by atoms with Crippen LogP contribution in [0.25, 0.3) is 16.8 Å². The van der Waals surface area contributed by atoms with Gasteiger partial charge in [-0.25, -0.2) is 0 Å². The van der Waals surface area contributed by atoms with Crippen molar-refractivity contribution in [2.45, 2.75) is 0 Å². The molecule has 4 rings (SSSR count). The summed E-state index contributed by atoms with van der Waals surface area (Å²) in [4.78, 5) is 25.3. The van der Waals surface area contributed by atoms with E-state index in [2.05, 4.69) is 10.1 Å². The van der Waals surface area contributed by atoms with Gasteiger partial charge in [-0.05, 0) is 35.0 Å². The minimum atomic E-state index is 0.297. The summed E-state index contributed by atoms with van der Waals surface area (Å²) < 4.78 is 7.14. The van der Waals surface area contributed by atoms with Crippen molar-refractivity contribution in [3.63, 3.8) is 0 Å². The van der Waals surface area contributed by atoms with Crippen LogP contribution in [0.3, 0.4) is 0 Å². The van der Waals surface area contributed by atoms with Crippen molar-refractivity contribution in [1.82, 2.24) is 4.57 Å². The molecule has 1 aliphatic rings. The first kappa shape index (κ1) is 17.2. The Hall–Kier alpha value is -3.25. The number of hydrogen-bond acceptors (Lipinski definition) is 5. The zero-order valence-electron chi connectivity index (χ0n) is 14.7. The van der Waals surface area contributed by atoms with Crippen LogP contribution in [0.1, 0.15) is 10.5 Å². The molecule has 2 aromatic carbocycles. The number of nitrogens with zero attached hydrogens (tertiary/aromatic N) is 3. The molecule has 0 radical (unpaired) electrons. The number of ether oxygens (including phenoxy) is 1. The van der Waals surface area contributed by atoms with E-state index in [-0.39, 0.29) is 0 Å². The van der Waals surface area contributed by atoms with Crippen molar-refractivity contribution in [3.05, 3.63) is 71.4 Å². The Morgan fingerprint density at radius 3 is 2.44 bits per heavy atom. The second kappa shape index (κ2) is 7.55. The van der Waals surface area contributed by atoms with Crippen LogP contribution in [-0.2, 0) is 4.74 Å². The standard InChI is InChI=1S/C21H19N3O3/c25-15-19-12-17(16-4-2-1-3-5-16)14-24(19)21-13-18(6-7-20(21)22-26)23-8-10-27-11-9-23/h1-7,12-15H,8-11H2. The molecule has 0 atom stereocenters. The third-order valence-corrected chi connectivity index (χ3v) is 4.77. The first-order valence-corrected chi connectivity index (χ1v) is 8.83. The highest BCUT2D eigenvalue weighted by Gasteiger charge is 2.17. The van der Waals surface area contributed by atoms with Gasteiger partial charge in [0.05, 0.1) is 24.6 Å². The maximum atomic E-state index is 11.7. The molecular formula is C21H19N3O3. The van der Waals surface area contributed by atoms with Crippen molar-refractivity contribution in [1.29, 1.82) is 0 Å². The molecule has 6 heteroatoms. The number of nitroso groups, excluding NO2 is 1. The summed E-state index contributed by atoms with van der Waals surface area (Å²) in [6.45, 7) is 2.91. The first-order chi connectivity index (χ1) is 13.3. The van der Waals surface area contributed by atoms with Gasteiger partial charge in [-0.15, -0.1) is 4.91 Å². The average molecular weight is 361 g/mol. The van der Waals surface area contributed by atoms with Crippen LogP contribution in [0.4, 0.5) is 11.4 Å². The van der Waals surface area contributed by atoms with Gasteiger partial charge in [0.2, 0.25) is 0 Å². The van der Waals surface area contributed by atoms with Crippen LogP contribution in [0.5, 0.6) is 0 Å². The Balaban J connectivity index is 1.80. The van der Waals surface area contributed by atoms with Gasteiger partial charge >= 0.3 is 0 Å². The van der Waals surface area contributed by atoms with Crippen molar-refractivity contribution in [2.24, 2.45) is 5.18 Å². The predicted molar refractivity (Wildman–Crippen MR) is 105 cm³/mol. The summed E-state index contributed by atoms with van der Waals surface area (Å²) in [6.07, 6.45) is 2.66. The van der Waals surface area contributed by atoms with E-state index in [0.717, 1.165) is 36.2 Å². The van der Waals surface area contributed by atoms with Crippen LogP contribution >= 0.6 is 0 Å². The van der Waals surface area contributed by atoms with E-state index in [0.29, 0.717) is 30.3 Å². The van der Waals surface area contributed by atoms with E-state index in [1.807, 2.05) is 54.7 Å². The molecule has 0 saturated carbocycles. The average Bonchev–Trinajstić information content (AvgIpc) is 3.19. The lowest BCUT2D eigenvalue weighted by Gasteiger charge is -2.29. The monoisotopic (exact) mass is 361 g/mol. The Labute approximate surface area is 157 Å². The Morgan fingerprint density at radius 2 is 1.74 bits per heavy atom. The van der Waals surface area contributed by atoms with Gasteiger partial charge < -0.3 is 14.2 Å². The number of aldehydes is 1. The quantitative estimate of drug-likeness (QED) is 0.505. The molecule has 0 spiro atoms. The smallest absolute Gasteiger partial charge is 0.166 e. The lowest BCUT2D eigenvalue weighted by Crippen LogP contribution is -2.36. The van der Waals surface area contributed by atoms with Crippen LogP contribution in [-0.4, -0.2) is 37.2 Å². The lowest BCUT2D eigenvalue weighted by atomic mass is 10.1. The number of aromatic nitrogens is 1.